The highest BCUT2D eigenvalue weighted by Crippen LogP contribution is 2.29. The van der Waals surface area contributed by atoms with Crippen molar-refractivity contribution in [2.24, 2.45) is 0 Å². The second-order valence-electron chi connectivity index (χ2n) is 3.69. The van der Waals surface area contributed by atoms with Crippen LogP contribution in [0.4, 0.5) is 5.69 Å². The normalized spacial score (nSPS) is 10.6. The maximum absolute atomic E-state index is 11.5. The van der Waals surface area contributed by atoms with Crippen LogP contribution in [0.2, 0.25) is 10.0 Å². The molecule has 0 aromatic heterocycles. The van der Waals surface area contributed by atoms with E-state index >= 15 is 0 Å². The minimum Gasteiger partial charge on any atom is -0.324 e. The number of carbonyl (C=O) groups is 1. The molecule has 0 saturated heterocycles. The van der Waals surface area contributed by atoms with Gasteiger partial charge in [0.05, 0.1) is 22.3 Å². The first-order valence-electron chi connectivity index (χ1n) is 4.98. The van der Waals surface area contributed by atoms with Crippen molar-refractivity contribution in [1.82, 2.24) is 5.32 Å². The van der Waals surface area contributed by atoms with Gasteiger partial charge < -0.3 is 10.6 Å². The highest BCUT2D eigenvalue weighted by Gasteiger charge is 2.08. The number of hydrogen-bond donors (Lipinski definition) is 2. The van der Waals surface area contributed by atoms with E-state index in [9.17, 15) is 4.79 Å². The molecule has 0 unspecified atom stereocenters. The Hall–Kier alpha value is -0.770. The number of benzene rings is 1. The number of hydrogen-bond acceptors (Lipinski definition) is 2. The quantitative estimate of drug-likeness (QED) is 0.874. The van der Waals surface area contributed by atoms with Crippen molar-refractivity contribution in [2.75, 3.05) is 11.9 Å². The molecule has 0 aliphatic carbocycles. The summed E-state index contributed by atoms with van der Waals surface area (Å²) < 4.78 is 0. The Morgan fingerprint density at radius 2 is 2.06 bits per heavy atom. The van der Waals surface area contributed by atoms with E-state index in [1.54, 1.807) is 18.2 Å². The smallest absolute Gasteiger partial charge is 0.238 e. The predicted octanol–water partition coefficient (Wildman–Crippen LogP) is 2.93. The monoisotopic (exact) mass is 260 g/mol. The zero-order valence-corrected chi connectivity index (χ0v) is 10.7. The molecule has 16 heavy (non-hydrogen) atoms. The van der Waals surface area contributed by atoms with Crippen molar-refractivity contribution in [2.45, 2.75) is 19.9 Å². The molecule has 1 aromatic carbocycles. The standard InChI is InChI=1S/C11H14Cl2N2O/c1-7(2)14-6-10(16)15-9-5-3-4-8(12)11(9)13/h3-5,7,14H,6H2,1-2H3,(H,15,16). The summed E-state index contributed by atoms with van der Waals surface area (Å²) in [5, 5.41) is 6.49. The van der Waals surface area contributed by atoms with Crippen molar-refractivity contribution in [1.29, 1.82) is 0 Å². The molecule has 88 valence electrons. The van der Waals surface area contributed by atoms with Crippen LogP contribution in [0.5, 0.6) is 0 Å². The van der Waals surface area contributed by atoms with Gasteiger partial charge in [0.15, 0.2) is 0 Å². The molecule has 3 nitrogen and oxygen atoms in total. The molecule has 0 spiro atoms. The van der Waals surface area contributed by atoms with Gasteiger partial charge in [-0.2, -0.15) is 0 Å². The Bertz CT molecular complexity index is 380. The lowest BCUT2D eigenvalue weighted by Gasteiger charge is -2.10. The molecule has 1 aromatic rings. The van der Waals surface area contributed by atoms with Crippen LogP contribution in [0.1, 0.15) is 13.8 Å². The van der Waals surface area contributed by atoms with Gasteiger partial charge in [0.25, 0.3) is 0 Å². The molecule has 0 atom stereocenters. The lowest BCUT2D eigenvalue weighted by atomic mass is 10.3. The fourth-order valence-electron chi connectivity index (χ4n) is 1.09. The van der Waals surface area contributed by atoms with Crippen molar-refractivity contribution in [3.8, 4) is 0 Å². The van der Waals surface area contributed by atoms with Crippen LogP contribution in [0.3, 0.4) is 0 Å². The van der Waals surface area contributed by atoms with Gasteiger partial charge in [0, 0.05) is 6.04 Å². The van der Waals surface area contributed by atoms with Gasteiger partial charge in [-0.3, -0.25) is 4.79 Å². The van der Waals surface area contributed by atoms with E-state index in [-0.39, 0.29) is 18.5 Å². The average molecular weight is 261 g/mol. The number of halogens is 2. The van der Waals surface area contributed by atoms with Gasteiger partial charge in [0.1, 0.15) is 0 Å². The number of rotatable bonds is 4. The minimum atomic E-state index is -0.141. The summed E-state index contributed by atoms with van der Waals surface area (Å²) >= 11 is 11.8. The van der Waals surface area contributed by atoms with E-state index in [4.69, 9.17) is 23.2 Å². The Kier molecular flexibility index (Phi) is 5.06. The lowest BCUT2D eigenvalue weighted by Crippen LogP contribution is -2.32. The molecule has 0 bridgehead atoms. The molecular formula is C11H14Cl2N2O. The third kappa shape index (κ3) is 4.00. The second kappa shape index (κ2) is 6.09. The first-order chi connectivity index (χ1) is 7.50. The number of carbonyl (C=O) groups excluding carboxylic acids is 1. The topological polar surface area (TPSA) is 41.1 Å². The van der Waals surface area contributed by atoms with Crippen LogP contribution in [-0.2, 0) is 4.79 Å². The number of amides is 1. The van der Waals surface area contributed by atoms with E-state index in [1.165, 1.54) is 0 Å². The van der Waals surface area contributed by atoms with Gasteiger partial charge in [0.2, 0.25) is 5.91 Å². The first kappa shape index (κ1) is 13.3. The molecule has 0 aliphatic rings. The molecule has 2 N–H and O–H groups in total. The van der Waals surface area contributed by atoms with Crippen molar-refractivity contribution >= 4 is 34.8 Å². The van der Waals surface area contributed by atoms with Gasteiger partial charge in [-0.15, -0.1) is 0 Å². The van der Waals surface area contributed by atoms with E-state index in [0.717, 1.165) is 0 Å². The maximum Gasteiger partial charge on any atom is 0.238 e. The summed E-state index contributed by atoms with van der Waals surface area (Å²) in [6.07, 6.45) is 0. The molecule has 1 amide bonds. The SMILES string of the molecule is CC(C)NCC(=O)Nc1cccc(Cl)c1Cl. The fraction of sp³-hybridized carbons (Fsp3) is 0.364. The molecule has 0 heterocycles. The van der Waals surface area contributed by atoms with Crippen LogP contribution in [0, 0.1) is 0 Å². The molecule has 0 saturated carbocycles. The van der Waals surface area contributed by atoms with Crippen LogP contribution in [-0.4, -0.2) is 18.5 Å². The molecular weight excluding hydrogens is 247 g/mol. The molecule has 1 rings (SSSR count). The van der Waals surface area contributed by atoms with Crippen molar-refractivity contribution in [3.63, 3.8) is 0 Å². The van der Waals surface area contributed by atoms with Gasteiger partial charge in [-0.1, -0.05) is 43.1 Å². The molecule has 0 fully saturated rings. The first-order valence-corrected chi connectivity index (χ1v) is 5.73. The number of nitrogens with one attached hydrogen (secondary N) is 2. The Balaban J connectivity index is 2.59. The van der Waals surface area contributed by atoms with Crippen LogP contribution in [0.25, 0.3) is 0 Å². The zero-order chi connectivity index (χ0) is 12.1. The Morgan fingerprint density at radius 3 is 2.69 bits per heavy atom. The van der Waals surface area contributed by atoms with E-state index in [0.29, 0.717) is 15.7 Å². The number of anilines is 1. The largest absolute Gasteiger partial charge is 0.324 e. The van der Waals surface area contributed by atoms with Crippen LogP contribution in [0.15, 0.2) is 18.2 Å². The molecule has 0 radical (unpaired) electrons. The summed E-state index contributed by atoms with van der Waals surface area (Å²) in [6.45, 7) is 4.19. The molecule has 0 aliphatic heterocycles. The summed E-state index contributed by atoms with van der Waals surface area (Å²) in [6, 6.07) is 5.38. The third-order valence-corrected chi connectivity index (χ3v) is 2.72. The second-order valence-corrected chi connectivity index (χ2v) is 4.47. The summed E-state index contributed by atoms with van der Waals surface area (Å²) in [5.74, 6) is -0.141. The average Bonchev–Trinajstić information content (AvgIpc) is 2.22. The van der Waals surface area contributed by atoms with Gasteiger partial charge >= 0.3 is 0 Å². The zero-order valence-electron chi connectivity index (χ0n) is 9.18. The highest BCUT2D eigenvalue weighted by molar-refractivity contribution is 6.43. The maximum atomic E-state index is 11.5. The fourth-order valence-corrected chi connectivity index (χ4v) is 1.44. The summed E-state index contributed by atoms with van der Waals surface area (Å²) in [5.41, 5.74) is 0.532. The minimum absolute atomic E-state index is 0.141. The Morgan fingerprint density at radius 1 is 1.38 bits per heavy atom. The third-order valence-electron chi connectivity index (χ3n) is 1.90. The summed E-state index contributed by atoms with van der Waals surface area (Å²) in [7, 11) is 0. The highest BCUT2D eigenvalue weighted by atomic mass is 35.5. The predicted molar refractivity (Wildman–Crippen MR) is 68.2 cm³/mol. The summed E-state index contributed by atoms with van der Waals surface area (Å²) in [4.78, 5) is 11.5. The van der Waals surface area contributed by atoms with Gasteiger partial charge in [-0.25, -0.2) is 0 Å². The van der Waals surface area contributed by atoms with Crippen LogP contribution < -0.4 is 10.6 Å². The molecule has 5 heteroatoms. The van der Waals surface area contributed by atoms with Gasteiger partial charge in [-0.05, 0) is 12.1 Å². The van der Waals surface area contributed by atoms with E-state index in [2.05, 4.69) is 10.6 Å². The lowest BCUT2D eigenvalue weighted by molar-refractivity contribution is -0.115. The van der Waals surface area contributed by atoms with Crippen LogP contribution >= 0.6 is 23.2 Å². The van der Waals surface area contributed by atoms with E-state index in [1.807, 2.05) is 13.8 Å². The van der Waals surface area contributed by atoms with Crippen molar-refractivity contribution < 1.29 is 4.79 Å². The Labute approximate surface area is 105 Å². The van der Waals surface area contributed by atoms with Crippen molar-refractivity contribution in [3.05, 3.63) is 28.2 Å². The van der Waals surface area contributed by atoms with E-state index < -0.39 is 0 Å².